The van der Waals surface area contributed by atoms with Gasteiger partial charge in [-0.05, 0) is 70.8 Å². The summed E-state index contributed by atoms with van der Waals surface area (Å²) < 4.78 is 1.22. The van der Waals surface area contributed by atoms with E-state index < -0.39 is 0 Å². The van der Waals surface area contributed by atoms with Crippen LogP contribution in [0.5, 0.6) is 0 Å². The van der Waals surface area contributed by atoms with Gasteiger partial charge in [0.05, 0.1) is 5.69 Å². The first-order valence-corrected chi connectivity index (χ1v) is 9.74. The van der Waals surface area contributed by atoms with Crippen LogP contribution >= 0.6 is 33.9 Å². The summed E-state index contributed by atoms with van der Waals surface area (Å²) in [6.07, 6.45) is 3.36. The lowest BCUT2D eigenvalue weighted by Crippen LogP contribution is -2.32. The van der Waals surface area contributed by atoms with Crippen molar-refractivity contribution in [2.24, 2.45) is 5.92 Å². The number of aromatic nitrogens is 1. The Kier molecular flexibility index (Phi) is 4.37. The third kappa shape index (κ3) is 2.98. The molecular weight excluding hydrogens is 431 g/mol. The van der Waals surface area contributed by atoms with Gasteiger partial charge in [-0.15, -0.1) is 11.3 Å². The summed E-state index contributed by atoms with van der Waals surface area (Å²) in [4.78, 5) is 19.4. The highest BCUT2D eigenvalue weighted by Gasteiger charge is 2.33. The van der Waals surface area contributed by atoms with Gasteiger partial charge < -0.3 is 0 Å². The van der Waals surface area contributed by atoms with Crippen molar-refractivity contribution in [2.75, 3.05) is 4.90 Å². The van der Waals surface area contributed by atoms with E-state index in [1.165, 1.54) is 26.0 Å². The zero-order chi connectivity index (χ0) is 16.5. The second kappa shape index (κ2) is 6.64. The molecule has 3 aromatic rings. The molecule has 0 aliphatic heterocycles. The number of para-hydroxylation sites is 1. The summed E-state index contributed by atoms with van der Waals surface area (Å²) in [5, 5.41) is 2.64. The van der Waals surface area contributed by atoms with E-state index in [1.807, 2.05) is 35.7 Å². The lowest BCUT2D eigenvalue weighted by Gasteiger charge is -2.23. The van der Waals surface area contributed by atoms with E-state index in [0.29, 0.717) is 0 Å². The van der Waals surface area contributed by atoms with Crippen molar-refractivity contribution < 1.29 is 4.79 Å². The number of hydrogen-bond acceptors (Lipinski definition) is 3. The molecule has 0 bridgehead atoms. The van der Waals surface area contributed by atoms with Crippen LogP contribution in [0.3, 0.4) is 0 Å². The molecule has 4 rings (SSSR count). The van der Waals surface area contributed by atoms with Crippen molar-refractivity contribution in [3.8, 4) is 0 Å². The predicted molar refractivity (Wildman–Crippen MR) is 106 cm³/mol. The highest BCUT2D eigenvalue weighted by atomic mass is 127. The number of benzene rings is 2. The van der Waals surface area contributed by atoms with Gasteiger partial charge in [0.2, 0.25) is 5.91 Å². The lowest BCUT2D eigenvalue weighted by atomic mass is 10.0. The van der Waals surface area contributed by atoms with E-state index >= 15 is 0 Å². The van der Waals surface area contributed by atoms with Gasteiger partial charge in [-0.3, -0.25) is 9.69 Å². The number of rotatable bonds is 3. The molecule has 0 fully saturated rings. The lowest BCUT2D eigenvalue weighted by molar-refractivity contribution is -0.121. The molecule has 120 valence electrons. The predicted octanol–water partition coefficient (Wildman–Crippen LogP) is 4.83. The minimum absolute atomic E-state index is 0.0256. The van der Waals surface area contributed by atoms with Gasteiger partial charge in [-0.25, -0.2) is 4.98 Å². The molecule has 0 saturated carbocycles. The van der Waals surface area contributed by atoms with Crippen molar-refractivity contribution in [1.82, 2.24) is 4.98 Å². The van der Waals surface area contributed by atoms with Crippen LogP contribution in [-0.2, 0) is 17.6 Å². The first kappa shape index (κ1) is 15.8. The normalized spacial score (nSPS) is 16.0. The standard InChI is InChI=1S/C19H15IN2OS/c20-16-7-6-13-10-15(11-14(13)12-16)18(23)22(19-21-8-9-24-19)17-4-2-1-3-5-17/h1-9,12,15H,10-11H2. The molecule has 0 radical (unpaired) electrons. The second-order valence-corrected chi connectivity index (χ2v) is 7.96. The molecule has 1 aliphatic carbocycles. The van der Waals surface area contributed by atoms with E-state index in [9.17, 15) is 4.79 Å². The van der Waals surface area contributed by atoms with E-state index in [-0.39, 0.29) is 11.8 Å². The maximum atomic E-state index is 13.3. The van der Waals surface area contributed by atoms with Crippen molar-refractivity contribution in [3.05, 3.63) is 74.8 Å². The van der Waals surface area contributed by atoms with Gasteiger partial charge in [-0.2, -0.15) is 0 Å². The average Bonchev–Trinajstić information content (AvgIpc) is 3.25. The van der Waals surface area contributed by atoms with Crippen LogP contribution in [0.2, 0.25) is 0 Å². The molecule has 3 nitrogen and oxygen atoms in total. The zero-order valence-corrected chi connectivity index (χ0v) is 15.8. The van der Waals surface area contributed by atoms with E-state index in [2.05, 4.69) is 45.8 Å². The minimum Gasteiger partial charge on any atom is -0.274 e. The molecule has 5 heteroatoms. The first-order chi connectivity index (χ1) is 11.7. The van der Waals surface area contributed by atoms with Gasteiger partial charge in [0, 0.05) is 21.1 Å². The van der Waals surface area contributed by atoms with Crippen LogP contribution in [0.25, 0.3) is 0 Å². The monoisotopic (exact) mass is 446 g/mol. The number of anilines is 2. The Hall–Kier alpha value is -1.73. The Morgan fingerprint density at radius 2 is 1.92 bits per heavy atom. The molecule has 1 atom stereocenters. The number of hydrogen-bond donors (Lipinski definition) is 0. The van der Waals surface area contributed by atoms with E-state index in [0.717, 1.165) is 23.7 Å². The number of fused-ring (bicyclic) bond motifs is 1. The van der Waals surface area contributed by atoms with Crippen LogP contribution in [0.4, 0.5) is 10.8 Å². The molecule has 1 aromatic heterocycles. The van der Waals surface area contributed by atoms with Crippen molar-refractivity contribution in [2.45, 2.75) is 12.8 Å². The summed E-state index contributed by atoms with van der Waals surface area (Å²) >= 11 is 3.82. The molecule has 1 unspecified atom stereocenters. The van der Waals surface area contributed by atoms with Crippen molar-refractivity contribution in [1.29, 1.82) is 0 Å². The third-order valence-corrected chi connectivity index (χ3v) is 5.72. The fraction of sp³-hybridized carbons (Fsp3) is 0.158. The number of nitrogens with zero attached hydrogens (tertiary/aromatic N) is 2. The molecule has 2 aromatic carbocycles. The van der Waals surface area contributed by atoms with Crippen LogP contribution in [-0.4, -0.2) is 10.9 Å². The van der Waals surface area contributed by atoms with Gasteiger partial charge >= 0.3 is 0 Å². The van der Waals surface area contributed by atoms with Crippen LogP contribution < -0.4 is 4.90 Å². The van der Waals surface area contributed by atoms with E-state index in [4.69, 9.17) is 0 Å². The number of amides is 1. The Labute approximate surface area is 158 Å². The molecule has 24 heavy (non-hydrogen) atoms. The third-order valence-electron chi connectivity index (χ3n) is 4.30. The largest absolute Gasteiger partial charge is 0.274 e. The molecule has 0 spiro atoms. The molecular formula is C19H15IN2OS. The maximum absolute atomic E-state index is 13.3. The van der Waals surface area contributed by atoms with Gasteiger partial charge in [0.25, 0.3) is 0 Å². The highest BCUT2D eigenvalue weighted by molar-refractivity contribution is 14.1. The number of thiazole rings is 1. The van der Waals surface area contributed by atoms with Gasteiger partial charge in [0.15, 0.2) is 5.13 Å². The summed E-state index contributed by atoms with van der Waals surface area (Å²) in [6.45, 7) is 0. The summed E-state index contributed by atoms with van der Waals surface area (Å²) in [6, 6.07) is 16.3. The molecule has 0 saturated heterocycles. The number of carbonyl (C=O) groups excluding carboxylic acids is 1. The second-order valence-electron chi connectivity index (χ2n) is 5.84. The van der Waals surface area contributed by atoms with Crippen molar-refractivity contribution >= 4 is 50.7 Å². The van der Waals surface area contributed by atoms with Crippen LogP contribution in [0.1, 0.15) is 11.1 Å². The number of carbonyl (C=O) groups is 1. The van der Waals surface area contributed by atoms with Gasteiger partial charge in [0.1, 0.15) is 0 Å². The fourth-order valence-electron chi connectivity index (χ4n) is 3.18. The summed E-state index contributed by atoms with van der Waals surface area (Å²) in [7, 11) is 0. The smallest absolute Gasteiger partial charge is 0.237 e. The van der Waals surface area contributed by atoms with Gasteiger partial charge in [-0.1, -0.05) is 24.3 Å². The highest BCUT2D eigenvalue weighted by Crippen LogP contribution is 2.34. The SMILES string of the molecule is O=C(C1Cc2ccc(I)cc2C1)N(c1ccccc1)c1nccs1. The summed E-state index contributed by atoms with van der Waals surface area (Å²) in [5.41, 5.74) is 3.47. The van der Waals surface area contributed by atoms with E-state index in [1.54, 1.807) is 11.1 Å². The van der Waals surface area contributed by atoms with Crippen molar-refractivity contribution in [3.63, 3.8) is 0 Å². The van der Waals surface area contributed by atoms with Crippen LogP contribution in [0.15, 0.2) is 60.1 Å². The topological polar surface area (TPSA) is 33.2 Å². The Bertz CT molecular complexity index is 864. The zero-order valence-electron chi connectivity index (χ0n) is 12.9. The molecule has 1 aliphatic rings. The Balaban J connectivity index is 1.66. The summed E-state index contributed by atoms with van der Waals surface area (Å²) in [5.74, 6) is 0.102. The Morgan fingerprint density at radius 1 is 1.12 bits per heavy atom. The van der Waals surface area contributed by atoms with Crippen LogP contribution in [0, 0.1) is 9.49 Å². The maximum Gasteiger partial charge on any atom is 0.237 e. The molecule has 1 heterocycles. The fourth-order valence-corrected chi connectivity index (χ4v) is 4.40. The average molecular weight is 446 g/mol. The molecule has 0 N–H and O–H groups in total. The molecule has 1 amide bonds. The quantitative estimate of drug-likeness (QED) is 0.541. The number of halogens is 1. The first-order valence-electron chi connectivity index (χ1n) is 7.78. The minimum atomic E-state index is -0.0256. The Morgan fingerprint density at radius 3 is 2.67 bits per heavy atom.